The summed E-state index contributed by atoms with van der Waals surface area (Å²) in [7, 11) is 1.52. The van der Waals surface area contributed by atoms with Gasteiger partial charge in [0.2, 0.25) is 0 Å². The Morgan fingerprint density at radius 3 is 2.41 bits per heavy atom. The lowest BCUT2D eigenvalue weighted by Crippen LogP contribution is -2.20. The number of nitrogens with zero attached hydrogens (tertiary/aromatic N) is 1. The molecule has 0 aliphatic heterocycles. The Bertz CT molecular complexity index is 1290. The molecule has 0 spiro atoms. The van der Waals surface area contributed by atoms with Gasteiger partial charge in [0.25, 0.3) is 11.8 Å². The molecule has 172 valence electrons. The summed E-state index contributed by atoms with van der Waals surface area (Å²) < 4.78 is 11.4. The summed E-state index contributed by atoms with van der Waals surface area (Å²) in [5, 5.41) is 15.1. The van der Waals surface area contributed by atoms with E-state index in [4.69, 9.17) is 21.1 Å². The van der Waals surface area contributed by atoms with Crippen molar-refractivity contribution in [3.8, 4) is 17.6 Å². The maximum Gasteiger partial charge on any atom is 0.266 e. The maximum atomic E-state index is 12.5. The van der Waals surface area contributed by atoms with Gasteiger partial charge in [0.15, 0.2) is 6.61 Å². The van der Waals surface area contributed by atoms with Crippen molar-refractivity contribution in [2.24, 2.45) is 0 Å². The molecule has 0 saturated heterocycles. The van der Waals surface area contributed by atoms with Crippen LogP contribution in [0.3, 0.4) is 0 Å². The van der Waals surface area contributed by atoms with E-state index >= 15 is 0 Å². The van der Waals surface area contributed by atoms with Gasteiger partial charge < -0.3 is 20.1 Å². The van der Waals surface area contributed by atoms with E-state index in [1.807, 2.05) is 6.07 Å². The number of ether oxygens (including phenoxy) is 2. The van der Waals surface area contributed by atoms with Crippen molar-refractivity contribution in [2.75, 3.05) is 24.4 Å². The Balaban J connectivity index is 1.65. The van der Waals surface area contributed by atoms with Gasteiger partial charge in [0.1, 0.15) is 23.1 Å². The zero-order valence-corrected chi connectivity index (χ0v) is 20.3. The summed E-state index contributed by atoms with van der Waals surface area (Å²) in [6.07, 6.45) is 1.44. The molecular weight excluding hydrogens is 522 g/mol. The number of nitrogens with one attached hydrogen (secondary N) is 2. The van der Waals surface area contributed by atoms with Crippen LogP contribution in [0.4, 0.5) is 11.4 Å². The molecule has 34 heavy (non-hydrogen) atoms. The average molecular weight is 541 g/mol. The summed E-state index contributed by atoms with van der Waals surface area (Å²) in [5.41, 5.74) is 1.43. The second-order valence-electron chi connectivity index (χ2n) is 6.83. The lowest BCUT2D eigenvalue weighted by atomic mass is 10.1. The number of methoxy groups -OCH3 is 1. The Hall–Kier alpha value is -3.80. The van der Waals surface area contributed by atoms with Crippen LogP contribution in [0.2, 0.25) is 5.02 Å². The number of para-hydroxylation sites is 3. The number of carbonyl (C=O) groups is 2. The van der Waals surface area contributed by atoms with Gasteiger partial charge in [-0.3, -0.25) is 9.59 Å². The molecule has 2 N–H and O–H groups in total. The van der Waals surface area contributed by atoms with Crippen molar-refractivity contribution in [1.29, 1.82) is 5.26 Å². The van der Waals surface area contributed by atoms with Crippen molar-refractivity contribution >= 4 is 56.8 Å². The normalized spacial score (nSPS) is 10.7. The predicted octanol–water partition coefficient (Wildman–Crippen LogP) is 5.67. The van der Waals surface area contributed by atoms with Crippen LogP contribution in [0.25, 0.3) is 6.08 Å². The zero-order valence-electron chi connectivity index (χ0n) is 18.0. The molecule has 7 nitrogen and oxygen atoms in total. The summed E-state index contributed by atoms with van der Waals surface area (Å²) in [5.74, 6) is 0.0230. The van der Waals surface area contributed by atoms with Crippen LogP contribution >= 0.6 is 27.5 Å². The Morgan fingerprint density at radius 2 is 1.74 bits per heavy atom. The van der Waals surface area contributed by atoms with E-state index in [2.05, 4.69) is 26.6 Å². The summed E-state index contributed by atoms with van der Waals surface area (Å²) >= 11 is 9.45. The van der Waals surface area contributed by atoms with Gasteiger partial charge in [0, 0.05) is 0 Å². The third-order valence-corrected chi connectivity index (χ3v) is 5.44. The average Bonchev–Trinajstić information content (AvgIpc) is 2.83. The monoisotopic (exact) mass is 539 g/mol. The smallest absolute Gasteiger partial charge is 0.266 e. The predicted molar refractivity (Wildman–Crippen MR) is 135 cm³/mol. The van der Waals surface area contributed by atoms with Crippen molar-refractivity contribution in [3.05, 3.63) is 87.4 Å². The minimum atomic E-state index is -0.583. The van der Waals surface area contributed by atoms with Crippen LogP contribution in [0.1, 0.15) is 5.56 Å². The molecule has 2 amide bonds. The van der Waals surface area contributed by atoms with Crippen molar-refractivity contribution in [2.45, 2.75) is 0 Å². The zero-order chi connectivity index (χ0) is 24.5. The molecule has 0 fully saturated rings. The van der Waals surface area contributed by atoms with Crippen LogP contribution in [-0.4, -0.2) is 25.5 Å². The van der Waals surface area contributed by atoms with Crippen LogP contribution in [-0.2, 0) is 9.59 Å². The highest BCUT2D eigenvalue weighted by atomic mass is 79.9. The van der Waals surface area contributed by atoms with Crippen LogP contribution < -0.4 is 20.1 Å². The summed E-state index contributed by atoms with van der Waals surface area (Å²) in [6.45, 7) is -0.227. The topological polar surface area (TPSA) is 100 Å². The molecule has 3 aromatic carbocycles. The van der Waals surface area contributed by atoms with Crippen molar-refractivity contribution < 1.29 is 19.1 Å². The fourth-order valence-electron chi connectivity index (χ4n) is 2.87. The molecule has 0 aliphatic carbocycles. The van der Waals surface area contributed by atoms with Crippen LogP contribution in [0.15, 0.2) is 76.8 Å². The lowest BCUT2D eigenvalue weighted by molar-refractivity contribution is -0.118. The van der Waals surface area contributed by atoms with Crippen molar-refractivity contribution in [1.82, 2.24) is 0 Å². The number of hydrogen-bond donors (Lipinski definition) is 2. The number of hydrogen-bond acceptors (Lipinski definition) is 5. The van der Waals surface area contributed by atoms with E-state index in [1.54, 1.807) is 66.7 Å². The second kappa shape index (κ2) is 11.9. The highest BCUT2D eigenvalue weighted by Gasteiger charge is 2.13. The third-order valence-electron chi connectivity index (χ3n) is 4.49. The Labute approximate surface area is 210 Å². The minimum absolute atomic E-state index is 0.100. The van der Waals surface area contributed by atoms with Gasteiger partial charge in [-0.05, 0) is 64.0 Å². The molecule has 0 atom stereocenters. The highest BCUT2D eigenvalue weighted by Crippen LogP contribution is 2.28. The number of benzene rings is 3. The number of carbonyl (C=O) groups excluding carboxylic acids is 2. The molecule has 9 heteroatoms. The highest BCUT2D eigenvalue weighted by molar-refractivity contribution is 9.10. The van der Waals surface area contributed by atoms with E-state index in [0.717, 1.165) is 0 Å². The molecule has 0 aromatic heterocycles. The fourth-order valence-corrected chi connectivity index (χ4v) is 3.56. The molecule has 0 heterocycles. The SMILES string of the molecule is COc1ccccc1NC(=O)COc1ccc(/C=C(\C#N)C(=O)Nc2ccccc2Cl)cc1Br. The number of nitriles is 1. The van der Waals surface area contributed by atoms with Gasteiger partial charge in [-0.15, -0.1) is 0 Å². The van der Waals surface area contributed by atoms with Crippen molar-refractivity contribution in [3.63, 3.8) is 0 Å². The largest absolute Gasteiger partial charge is 0.495 e. The first kappa shape index (κ1) is 24.8. The maximum absolute atomic E-state index is 12.5. The van der Waals surface area contributed by atoms with Gasteiger partial charge >= 0.3 is 0 Å². The molecule has 3 aromatic rings. The molecule has 0 unspecified atom stereocenters. The molecule has 0 radical (unpaired) electrons. The van der Waals surface area contributed by atoms with E-state index < -0.39 is 5.91 Å². The van der Waals surface area contributed by atoms with E-state index in [0.29, 0.717) is 37.9 Å². The lowest BCUT2D eigenvalue weighted by Gasteiger charge is -2.11. The third kappa shape index (κ3) is 6.61. The first-order valence-electron chi connectivity index (χ1n) is 9.94. The van der Waals surface area contributed by atoms with E-state index in [1.165, 1.54) is 13.2 Å². The molecule has 0 saturated carbocycles. The molecule has 3 rings (SSSR count). The first-order valence-corrected chi connectivity index (χ1v) is 11.1. The first-order chi connectivity index (χ1) is 16.4. The minimum Gasteiger partial charge on any atom is -0.495 e. The number of anilines is 2. The number of amides is 2. The number of halogens is 2. The fraction of sp³-hybridized carbons (Fsp3) is 0.0800. The van der Waals surface area contributed by atoms with Gasteiger partial charge in [0.05, 0.1) is 28.0 Å². The quantitative estimate of drug-likeness (QED) is 0.283. The standard InChI is InChI=1S/C25H19BrClN3O4/c1-33-23-9-5-4-8-21(23)29-24(31)15-34-22-11-10-16(13-18(22)26)12-17(14-28)25(32)30-20-7-3-2-6-19(20)27/h2-13H,15H2,1H3,(H,29,31)(H,30,32)/b17-12+. The molecule has 0 aliphatic rings. The second-order valence-corrected chi connectivity index (χ2v) is 8.09. The Morgan fingerprint density at radius 1 is 1.03 bits per heavy atom. The van der Waals surface area contributed by atoms with Crippen LogP contribution in [0, 0.1) is 11.3 Å². The molecule has 0 bridgehead atoms. The van der Waals surface area contributed by atoms with Gasteiger partial charge in [-0.25, -0.2) is 0 Å². The molecular formula is C25H19BrClN3O4. The number of rotatable bonds is 8. The van der Waals surface area contributed by atoms with E-state index in [9.17, 15) is 14.9 Å². The van der Waals surface area contributed by atoms with Crippen LogP contribution in [0.5, 0.6) is 11.5 Å². The summed E-state index contributed by atoms with van der Waals surface area (Å²) in [6, 6.07) is 20.7. The Kier molecular flexibility index (Phi) is 8.68. The van der Waals surface area contributed by atoms with Gasteiger partial charge in [-0.2, -0.15) is 5.26 Å². The van der Waals surface area contributed by atoms with E-state index in [-0.39, 0.29) is 18.1 Å². The summed E-state index contributed by atoms with van der Waals surface area (Å²) in [4.78, 5) is 24.7. The van der Waals surface area contributed by atoms with Gasteiger partial charge in [-0.1, -0.05) is 41.9 Å².